The minimum absolute atomic E-state index is 0.141. The number of hydrogen-bond acceptors (Lipinski definition) is 4. The number of piperidine rings is 1. The second kappa shape index (κ2) is 9.14. The molecule has 1 amide bonds. The predicted octanol–water partition coefficient (Wildman–Crippen LogP) is 3.26. The Hall–Kier alpha value is -1.46. The van der Waals surface area contributed by atoms with E-state index in [1.165, 1.54) is 0 Å². The van der Waals surface area contributed by atoms with Gasteiger partial charge in [0.1, 0.15) is 0 Å². The molecule has 2 rings (SSSR count). The molecule has 1 unspecified atom stereocenters. The number of amides is 1. The lowest BCUT2D eigenvalue weighted by molar-refractivity contribution is 0.0930. The zero-order valence-electron chi connectivity index (χ0n) is 14.7. The summed E-state index contributed by atoms with van der Waals surface area (Å²) in [6, 6.07) is 3.47. The second-order valence-electron chi connectivity index (χ2n) is 6.54. The van der Waals surface area contributed by atoms with Crippen LogP contribution < -0.4 is 20.1 Å². The van der Waals surface area contributed by atoms with Crippen LogP contribution in [0.1, 0.15) is 43.5 Å². The van der Waals surface area contributed by atoms with Crippen molar-refractivity contribution in [3.8, 4) is 11.5 Å². The molecule has 0 bridgehead atoms. The van der Waals surface area contributed by atoms with Crippen LogP contribution in [-0.4, -0.2) is 38.8 Å². The van der Waals surface area contributed by atoms with Crippen molar-refractivity contribution in [2.24, 2.45) is 5.92 Å². The molecule has 1 fully saturated rings. The highest BCUT2D eigenvalue weighted by atomic mass is 35.5. The van der Waals surface area contributed by atoms with E-state index in [-0.39, 0.29) is 11.9 Å². The second-order valence-corrected chi connectivity index (χ2v) is 6.94. The molecule has 1 heterocycles. The van der Waals surface area contributed by atoms with Crippen molar-refractivity contribution in [1.82, 2.24) is 10.6 Å². The van der Waals surface area contributed by atoms with Gasteiger partial charge in [-0.05, 0) is 43.9 Å². The van der Waals surface area contributed by atoms with Crippen LogP contribution in [0.5, 0.6) is 11.5 Å². The molecule has 24 heavy (non-hydrogen) atoms. The molecule has 0 radical (unpaired) electrons. The van der Waals surface area contributed by atoms with E-state index in [9.17, 15) is 4.79 Å². The molecular formula is C18H27ClN2O3. The van der Waals surface area contributed by atoms with Gasteiger partial charge in [-0.1, -0.05) is 25.4 Å². The van der Waals surface area contributed by atoms with Gasteiger partial charge in [-0.3, -0.25) is 4.79 Å². The largest absolute Gasteiger partial charge is 0.493 e. The van der Waals surface area contributed by atoms with Gasteiger partial charge in [-0.2, -0.15) is 0 Å². The summed E-state index contributed by atoms with van der Waals surface area (Å²) in [4.78, 5) is 12.5. The van der Waals surface area contributed by atoms with Crippen molar-refractivity contribution in [3.63, 3.8) is 0 Å². The van der Waals surface area contributed by atoms with Gasteiger partial charge < -0.3 is 20.1 Å². The van der Waals surface area contributed by atoms with Gasteiger partial charge in [0.25, 0.3) is 5.91 Å². The molecule has 2 N–H and O–H groups in total. The summed E-state index contributed by atoms with van der Waals surface area (Å²) >= 11 is 6.32. The standard InChI is InChI=1S/C18H27ClN2O3/c1-12(2)6-8-24-17-15(19)9-13(10-16(17)23-3)18(22)21-14-5-4-7-20-11-14/h9-10,12,14,20H,4-8,11H2,1-3H3,(H,21,22). The molecule has 1 aromatic rings. The fourth-order valence-electron chi connectivity index (χ4n) is 2.63. The van der Waals surface area contributed by atoms with Crippen LogP contribution in [0.3, 0.4) is 0 Å². The number of nitrogens with one attached hydrogen (secondary N) is 2. The third-order valence-corrected chi connectivity index (χ3v) is 4.35. The highest BCUT2D eigenvalue weighted by molar-refractivity contribution is 6.32. The van der Waals surface area contributed by atoms with Crippen LogP contribution in [0.4, 0.5) is 0 Å². The Morgan fingerprint density at radius 2 is 2.25 bits per heavy atom. The van der Waals surface area contributed by atoms with Crippen molar-refractivity contribution in [3.05, 3.63) is 22.7 Å². The van der Waals surface area contributed by atoms with Crippen molar-refractivity contribution >= 4 is 17.5 Å². The van der Waals surface area contributed by atoms with Crippen LogP contribution in [-0.2, 0) is 0 Å². The first-order valence-corrected chi connectivity index (χ1v) is 8.91. The van der Waals surface area contributed by atoms with E-state index in [0.29, 0.717) is 34.6 Å². The van der Waals surface area contributed by atoms with E-state index in [1.807, 2.05) is 0 Å². The summed E-state index contributed by atoms with van der Waals surface area (Å²) in [5, 5.41) is 6.71. The maximum atomic E-state index is 12.5. The first-order valence-electron chi connectivity index (χ1n) is 8.53. The fraction of sp³-hybridized carbons (Fsp3) is 0.611. The first kappa shape index (κ1) is 18.9. The molecule has 0 saturated carbocycles. The summed E-state index contributed by atoms with van der Waals surface area (Å²) in [7, 11) is 1.55. The molecule has 134 valence electrons. The van der Waals surface area contributed by atoms with Crippen molar-refractivity contribution < 1.29 is 14.3 Å². The normalized spacial score (nSPS) is 17.6. The lowest BCUT2D eigenvalue weighted by Gasteiger charge is -2.24. The monoisotopic (exact) mass is 354 g/mol. The highest BCUT2D eigenvalue weighted by Gasteiger charge is 2.19. The third-order valence-electron chi connectivity index (χ3n) is 4.07. The molecule has 0 aromatic heterocycles. The van der Waals surface area contributed by atoms with Crippen molar-refractivity contribution in [2.75, 3.05) is 26.8 Å². The first-order chi connectivity index (χ1) is 11.5. The molecule has 1 saturated heterocycles. The number of ether oxygens (including phenoxy) is 2. The minimum atomic E-state index is -0.141. The van der Waals surface area contributed by atoms with Crippen molar-refractivity contribution in [2.45, 2.75) is 39.2 Å². The molecule has 0 aliphatic carbocycles. The van der Waals surface area contributed by atoms with E-state index < -0.39 is 0 Å². The van der Waals surface area contributed by atoms with Crippen LogP contribution in [0.2, 0.25) is 5.02 Å². The Balaban J connectivity index is 2.07. The SMILES string of the molecule is COc1cc(C(=O)NC2CCCNC2)cc(Cl)c1OCCC(C)C. The number of halogens is 1. The Bertz CT molecular complexity index is 557. The summed E-state index contributed by atoms with van der Waals surface area (Å²) in [5.41, 5.74) is 0.485. The molecule has 6 heteroatoms. The van der Waals surface area contributed by atoms with E-state index in [4.69, 9.17) is 21.1 Å². The molecular weight excluding hydrogens is 328 g/mol. The number of hydrogen-bond donors (Lipinski definition) is 2. The van der Waals surface area contributed by atoms with Crippen LogP contribution in [0, 0.1) is 5.92 Å². The quantitative estimate of drug-likeness (QED) is 0.789. The predicted molar refractivity (Wildman–Crippen MR) is 96.3 cm³/mol. The van der Waals surface area contributed by atoms with Gasteiger partial charge >= 0.3 is 0 Å². The van der Waals surface area contributed by atoms with Gasteiger partial charge in [-0.15, -0.1) is 0 Å². The highest BCUT2D eigenvalue weighted by Crippen LogP contribution is 2.36. The Morgan fingerprint density at radius 3 is 2.88 bits per heavy atom. The molecule has 1 aliphatic rings. The lowest BCUT2D eigenvalue weighted by Crippen LogP contribution is -2.45. The number of carbonyl (C=O) groups excluding carboxylic acids is 1. The molecule has 1 aliphatic heterocycles. The fourth-order valence-corrected chi connectivity index (χ4v) is 2.90. The smallest absolute Gasteiger partial charge is 0.251 e. The lowest BCUT2D eigenvalue weighted by atomic mass is 10.1. The zero-order chi connectivity index (χ0) is 17.5. The molecule has 0 spiro atoms. The minimum Gasteiger partial charge on any atom is -0.493 e. The topological polar surface area (TPSA) is 59.6 Å². The van der Waals surface area contributed by atoms with Crippen LogP contribution >= 0.6 is 11.6 Å². The van der Waals surface area contributed by atoms with Gasteiger partial charge in [-0.25, -0.2) is 0 Å². The van der Waals surface area contributed by atoms with Crippen molar-refractivity contribution in [1.29, 1.82) is 0 Å². The van der Waals surface area contributed by atoms with Gasteiger partial charge in [0.15, 0.2) is 11.5 Å². The Labute approximate surface area is 149 Å². The number of carbonyl (C=O) groups is 1. The number of methoxy groups -OCH3 is 1. The summed E-state index contributed by atoms with van der Waals surface area (Å²) in [6.45, 7) is 6.64. The Kier molecular flexibility index (Phi) is 7.18. The molecule has 5 nitrogen and oxygen atoms in total. The molecule has 1 aromatic carbocycles. The van der Waals surface area contributed by atoms with Gasteiger partial charge in [0.2, 0.25) is 0 Å². The summed E-state index contributed by atoms with van der Waals surface area (Å²) in [5.74, 6) is 1.38. The van der Waals surface area contributed by atoms with E-state index in [0.717, 1.165) is 32.4 Å². The van der Waals surface area contributed by atoms with Crippen LogP contribution in [0.25, 0.3) is 0 Å². The molecule has 1 atom stereocenters. The van der Waals surface area contributed by atoms with E-state index >= 15 is 0 Å². The number of benzene rings is 1. The Morgan fingerprint density at radius 1 is 1.46 bits per heavy atom. The van der Waals surface area contributed by atoms with Gasteiger partial charge in [0.05, 0.1) is 18.7 Å². The maximum absolute atomic E-state index is 12.5. The average Bonchev–Trinajstić information content (AvgIpc) is 2.56. The van der Waals surface area contributed by atoms with E-state index in [1.54, 1.807) is 19.2 Å². The van der Waals surface area contributed by atoms with Crippen LogP contribution in [0.15, 0.2) is 12.1 Å². The number of rotatable bonds is 7. The zero-order valence-corrected chi connectivity index (χ0v) is 15.4. The average molecular weight is 355 g/mol. The third kappa shape index (κ3) is 5.28. The summed E-state index contributed by atoms with van der Waals surface area (Å²) in [6.07, 6.45) is 2.98. The summed E-state index contributed by atoms with van der Waals surface area (Å²) < 4.78 is 11.1. The van der Waals surface area contributed by atoms with Gasteiger partial charge in [0, 0.05) is 18.2 Å². The van der Waals surface area contributed by atoms with E-state index in [2.05, 4.69) is 24.5 Å². The maximum Gasteiger partial charge on any atom is 0.251 e.